The molecule has 1 amide bonds. The summed E-state index contributed by atoms with van der Waals surface area (Å²) in [6, 6.07) is 10.1. The minimum absolute atomic E-state index is 0.0652. The van der Waals surface area contributed by atoms with E-state index in [-0.39, 0.29) is 17.6 Å². The number of likely N-dealkylation sites (tertiary alicyclic amines) is 1. The van der Waals surface area contributed by atoms with Gasteiger partial charge in [-0.05, 0) is 38.4 Å². The Hall–Kier alpha value is -1.39. The smallest absolute Gasteiger partial charge is 0.227 e. The van der Waals surface area contributed by atoms with Crippen LogP contribution in [0.4, 0.5) is 5.69 Å². The summed E-state index contributed by atoms with van der Waals surface area (Å²) in [5.74, 6) is 0.161. The van der Waals surface area contributed by atoms with Gasteiger partial charge in [0.2, 0.25) is 5.91 Å². The standard InChI is InChI=1S/C19H30N2O2/c1-5-13-20-14-12-17(19(3,15-20)23-4)21(18(22)6-2)16-10-8-7-9-11-16/h7-11,17H,5-6,12-15H2,1-4H3. The maximum Gasteiger partial charge on any atom is 0.227 e. The van der Waals surface area contributed by atoms with Gasteiger partial charge in [-0.3, -0.25) is 4.79 Å². The van der Waals surface area contributed by atoms with E-state index >= 15 is 0 Å². The van der Waals surface area contributed by atoms with E-state index in [4.69, 9.17) is 4.74 Å². The number of carbonyl (C=O) groups is 1. The zero-order valence-corrected chi connectivity index (χ0v) is 14.9. The van der Waals surface area contributed by atoms with Crippen molar-refractivity contribution < 1.29 is 9.53 Å². The fraction of sp³-hybridized carbons (Fsp3) is 0.632. The molecule has 1 aromatic rings. The van der Waals surface area contributed by atoms with Crippen LogP contribution in [0.25, 0.3) is 0 Å². The molecule has 2 unspecified atom stereocenters. The summed E-state index contributed by atoms with van der Waals surface area (Å²) in [5.41, 5.74) is 0.616. The van der Waals surface area contributed by atoms with Crippen LogP contribution in [0.3, 0.4) is 0 Å². The molecule has 2 atom stereocenters. The Morgan fingerprint density at radius 1 is 1.35 bits per heavy atom. The Balaban J connectivity index is 2.32. The number of hydrogen-bond acceptors (Lipinski definition) is 3. The van der Waals surface area contributed by atoms with E-state index in [1.165, 1.54) is 0 Å². The van der Waals surface area contributed by atoms with E-state index in [0.717, 1.165) is 38.2 Å². The predicted molar refractivity (Wildman–Crippen MR) is 94.8 cm³/mol. The first-order valence-electron chi connectivity index (χ1n) is 8.70. The molecule has 23 heavy (non-hydrogen) atoms. The van der Waals surface area contributed by atoms with Crippen molar-refractivity contribution in [3.8, 4) is 0 Å². The number of benzene rings is 1. The molecule has 1 fully saturated rings. The lowest BCUT2D eigenvalue weighted by atomic mass is 9.86. The number of nitrogens with zero attached hydrogens (tertiary/aromatic N) is 2. The molecule has 0 radical (unpaired) electrons. The summed E-state index contributed by atoms with van der Waals surface area (Å²) in [5, 5.41) is 0. The highest BCUT2D eigenvalue weighted by atomic mass is 16.5. The van der Waals surface area contributed by atoms with Crippen LogP contribution in [0, 0.1) is 0 Å². The summed E-state index contributed by atoms with van der Waals surface area (Å²) in [6.07, 6.45) is 2.58. The van der Waals surface area contributed by atoms with Crippen molar-refractivity contribution in [3.63, 3.8) is 0 Å². The molecular weight excluding hydrogens is 288 g/mol. The van der Waals surface area contributed by atoms with E-state index in [1.54, 1.807) is 7.11 Å². The molecule has 1 saturated heterocycles. The van der Waals surface area contributed by atoms with Crippen molar-refractivity contribution in [3.05, 3.63) is 30.3 Å². The van der Waals surface area contributed by atoms with Crippen molar-refractivity contribution in [1.29, 1.82) is 0 Å². The first-order chi connectivity index (χ1) is 11.1. The normalized spacial score (nSPS) is 25.3. The van der Waals surface area contributed by atoms with Gasteiger partial charge in [-0.1, -0.05) is 32.0 Å². The number of carbonyl (C=O) groups excluding carboxylic acids is 1. The van der Waals surface area contributed by atoms with E-state index < -0.39 is 0 Å². The quantitative estimate of drug-likeness (QED) is 0.806. The average molecular weight is 318 g/mol. The van der Waals surface area contributed by atoms with E-state index in [2.05, 4.69) is 18.7 Å². The Morgan fingerprint density at radius 2 is 2.04 bits per heavy atom. The minimum atomic E-state index is -0.353. The number of methoxy groups -OCH3 is 1. The van der Waals surface area contributed by atoms with Crippen molar-refractivity contribution in [1.82, 2.24) is 4.90 Å². The highest BCUT2D eigenvalue weighted by Gasteiger charge is 2.44. The van der Waals surface area contributed by atoms with Crippen molar-refractivity contribution in [2.24, 2.45) is 0 Å². The van der Waals surface area contributed by atoms with Crippen LogP contribution in [-0.4, -0.2) is 49.2 Å². The fourth-order valence-corrected chi connectivity index (χ4v) is 3.61. The first kappa shape index (κ1) is 18.0. The number of amides is 1. The largest absolute Gasteiger partial charge is 0.375 e. The third-order valence-electron chi connectivity index (χ3n) is 4.88. The lowest BCUT2D eigenvalue weighted by Crippen LogP contribution is -2.63. The summed E-state index contributed by atoms with van der Waals surface area (Å²) in [7, 11) is 1.77. The summed E-state index contributed by atoms with van der Waals surface area (Å²) in [4.78, 5) is 17.1. The topological polar surface area (TPSA) is 32.8 Å². The van der Waals surface area contributed by atoms with Gasteiger partial charge >= 0.3 is 0 Å². The molecular formula is C19H30N2O2. The second kappa shape index (κ2) is 7.93. The Labute approximate surface area is 140 Å². The zero-order valence-electron chi connectivity index (χ0n) is 14.9. The molecule has 4 nitrogen and oxygen atoms in total. The SMILES string of the molecule is CCCN1CCC(N(C(=O)CC)c2ccccc2)C(C)(OC)C1. The second-order valence-corrected chi connectivity index (χ2v) is 6.55. The Bertz CT molecular complexity index is 505. The summed E-state index contributed by atoms with van der Waals surface area (Å²) < 4.78 is 5.93. The van der Waals surface area contributed by atoms with Gasteiger partial charge < -0.3 is 14.5 Å². The summed E-state index contributed by atoms with van der Waals surface area (Å²) >= 11 is 0. The van der Waals surface area contributed by atoms with Gasteiger partial charge in [-0.15, -0.1) is 0 Å². The van der Waals surface area contributed by atoms with Gasteiger partial charge in [0.25, 0.3) is 0 Å². The molecule has 0 bridgehead atoms. The van der Waals surface area contributed by atoms with E-state index in [0.29, 0.717) is 6.42 Å². The van der Waals surface area contributed by atoms with Gasteiger partial charge in [-0.25, -0.2) is 0 Å². The molecule has 128 valence electrons. The first-order valence-corrected chi connectivity index (χ1v) is 8.70. The third-order valence-corrected chi connectivity index (χ3v) is 4.88. The zero-order chi connectivity index (χ0) is 16.9. The molecule has 0 aromatic heterocycles. The van der Waals surface area contributed by atoms with Crippen LogP contribution in [0.2, 0.25) is 0 Å². The van der Waals surface area contributed by atoms with Gasteiger partial charge in [-0.2, -0.15) is 0 Å². The van der Waals surface area contributed by atoms with Crippen molar-refractivity contribution in [2.45, 2.75) is 51.7 Å². The lowest BCUT2D eigenvalue weighted by Gasteiger charge is -2.49. The molecule has 1 heterocycles. The molecule has 1 aliphatic rings. The van der Waals surface area contributed by atoms with Gasteiger partial charge in [0.1, 0.15) is 0 Å². The van der Waals surface area contributed by atoms with Crippen LogP contribution in [0.1, 0.15) is 40.0 Å². The van der Waals surface area contributed by atoms with Crippen molar-refractivity contribution in [2.75, 3.05) is 31.6 Å². The molecule has 2 rings (SSSR count). The number of para-hydroxylation sites is 1. The van der Waals surface area contributed by atoms with Gasteiger partial charge in [0.05, 0.1) is 11.6 Å². The molecule has 0 spiro atoms. The monoisotopic (exact) mass is 318 g/mol. The molecule has 0 saturated carbocycles. The average Bonchev–Trinajstić information content (AvgIpc) is 2.58. The summed E-state index contributed by atoms with van der Waals surface area (Å²) in [6.45, 7) is 9.22. The number of ether oxygens (including phenoxy) is 1. The number of hydrogen-bond donors (Lipinski definition) is 0. The van der Waals surface area contributed by atoms with Crippen LogP contribution in [0.15, 0.2) is 30.3 Å². The van der Waals surface area contributed by atoms with Crippen molar-refractivity contribution >= 4 is 11.6 Å². The maximum absolute atomic E-state index is 12.7. The Morgan fingerprint density at radius 3 is 2.61 bits per heavy atom. The molecule has 0 N–H and O–H groups in total. The minimum Gasteiger partial charge on any atom is -0.375 e. The third kappa shape index (κ3) is 3.93. The Kier molecular flexibility index (Phi) is 6.19. The lowest BCUT2D eigenvalue weighted by molar-refractivity contribution is -0.122. The van der Waals surface area contributed by atoms with E-state index in [1.807, 2.05) is 42.2 Å². The van der Waals surface area contributed by atoms with E-state index in [9.17, 15) is 4.79 Å². The van der Waals surface area contributed by atoms with Crippen LogP contribution < -0.4 is 4.90 Å². The highest BCUT2D eigenvalue weighted by Crippen LogP contribution is 2.32. The van der Waals surface area contributed by atoms with Gasteiger partial charge in [0.15, 0.2) is 0 Å². The highest BCUT2D eigenvalue weighted by molar-refractivity contribution is 5.94. The number of piperidine rings is 1. The van der Waals surface area contributed by atoms with Crippen LogP contribution in [-0.2, 0) is 9.53 Å². The predicted octanol–water partition coefficient (Wildman–Crippen LogP) is 3.32. The molecule has 1 aromatic carbocycles. The van der Waals surface area contributed by atoms with Gasteiger partial charge in [0, 0.05) is 32.3 Å². The van der Waals surface area contributed by atoms with Crippen LogP contribution >= 0.6 is 0 Å². The molecule has 0 aliphatic carbocycles. The number of rotatable bonds is 6. The van der Waals surface area contributed by atoms with Crippen LogP contribution in [0.5, 0.6) is 0 Å². The maximum atomic E-state index is 12.7. The molecule has 1 aliphatic heterocycles. The fourth-order valence-electron chi connectivity index (χ4n) is 3.61. The molecule has 4 heteroatoms. The second-order valence-electron chi connectivity index (χ2n) is 6.55. The number of anilines is 1.